The lowest BCUT2D eigenvalue weighted by molar-refractivity contribution is -0.139. The van der Waals surface area contributed by atoms with Crippen molar-refractivity contribution in [3.63, 3.8) is 0 Å². The molecule has 0 spiro atoms. The molecule has 0 saturated carbocycles. The van der Waals surface area contributed by atoms with E-state index in [-0.39, 0.29) is 17.6 Å². The number of H-pyrrole nitrogens is 1. The number of hydrogen-bond donors (Lipinski definition) is 1. The number of likely N-dealkylation sites (tertiary alicyclic amines) is 1. The second-order valence-corrected chi connectivity index (χ2v) is 6.20. The van der Waals surface area contributed by atoms with Crippen LogP contribution in [0.3, 0.4) is 0 Å². The third-order valence-corrected chi connectivity index (χ3v) is 4.67. The molecule has 1 saturated heterocycles. The minimum absolute atomic E-state index is 0.00850. The van der Waals surface area contributed by atoms with E-state index in [9.17, 15) is 9.18 Å². The van der Waals surface area contributed by atoms with E-state index in [1.54, 1.807) is 12.3 Å². The highest BCUT2D eigenvalue weighted by Gasteiger charge is 2.35. The van der Waals surface area contributed by atoms with Crippen LogP contribution in [0.15, 0.2) is 30.5 Å². The lowest BCUT2D eigenvalue weighted by atomic mass is 9.94. The fraction of sp³-hybridized carbons (Fsp3) is 0.412. The van der Waals surface area contributed by atoms with Crippen LogP contribution < -0.4 is 4.74 Å². The fourth-order valence-electron chi connectivity index (χ4n) is 3.48. The first-order valence-corrected chi connectivity index (χ1v) is 7.94. The number of carbonyl (C=O) groups excluding carboxylic acids is 1. The molecule has 1 amide bonds. The van der Waals surface area contributed by atoms with E-state index in [1.807, 2.05) is 11.0 Å². The number of aromatic amines is 1. The SMILES string of the molecule is O=C(C1Cc2cc(F)ccc2O1)N1CCCC(c2ccn[nH]2)C1. The quantitative estimate of drug-likeness (QED) is 0.925. The number of amides is 1. The minimum Gasteiger partial charge on any atom is -0.480 e. The average Bonchev–Trinajstić information content (AvgIpc) is 3.23. The third kappa shape index (κ3) is 2.69. The molecule has 1 aromatic carbocycles. The van der Waals surface area contributed by atoms with Gasteiger partial charge in [0.05, 0.1) is 0 Å². The van der Waals surface area contributed by atoms with Crippen LogP contribution in [-0.4, -0.2) is 40.2 Å². The summed E-state index contributed by atoms with van der Waals surface area (Å²) in [7, 11) is 0. The number of hydrogen-bond acceptors (Lipinski definition) is 3. The van der Waals surface area contributed by atoms with Crippen molar-refractivity contribution in [3.8, 4) is 5.75 Å². The summed E-state index contributed by atoms with van der Waals surface area (Å²) >= 11 is 0. The molecule has 0 radical (unpaired) electrons. The molecule has 2 atom stereocenters. The monoisotopic (exact) mass is 315 g/mol. The van der Waals surface area contributed by atoms with Crippen LogP contribution in [0.2, 0.25) is 0 Å². The molecule has 2 aliphatic rings. The highest BCUT2D eigenvalue weighted by atomic mass is 19.1. The molecule has 1 aromatic heterocycles. The molecular weight excluding hydrogens is 297 g/mol. The molecule has 0 bridgehead atoms. The number of rotatable bonds is 2. The molecule has 3 heterocycles. The number of benzene rings is 1. The second kappa shape index (κ2) is 5.68. The molecule has 0 aliphatic carbocycles. The standard InChI is InChI=1S/C17H18FN3O2/c18-13-3-4-15-12(8-13)9-16(23-15)17(22)21-7-1-2-11(10-21)14-5-6-19-20-14/h3-6,8,11,16H,1-2,7,9-10H2,(H,19,20). The number of nitrogens with one attached hydrogen (secondary N) is 1. The van der Waals surface area contributed by atoms with Crippen molar-refractivity contribution >= 4 is 5.91 Å². The van der Waals surface area contributed by atoms with Gasteiger partial charge in [0.15, 0.2) is 6.10 Å². The largest absolute Gasteiger partial charge is 0.480 e. The zero-order valence-corrected chi connectivity index (χ0v) is 12.7. The number of carbonyl (C=O) groups is 1. The number of ether oxygens (including phenoxy) is 1. The van der Waals surface area contributed by atoms with Gasteiger partial charge in [-0.3, -0.25) is 9.89 Å². The molecule has 2 unspecified atom stereocenters. The van der Waals surface area contributed by atoms with Crippen molar-refractivity contribution in [3.05, 3.63) is 47.5 Å². The van der Waals surface area contributed by atoms with E-state index in [4.69, 9.17) is 4.74 Å². The Bertz CT molecular complexity index is 717. The molecule has 2 aliphatic heterocycles. The van der Waals surface area contributed by atoms with E-state index in [1.165, 1.54) is 12.1 Å². The number of nitrogens with zero attached hydrogens (tertiary/aromatic N) is 2. The van der Waals surface area contributed by atoms with Gasteiger partial charge in [0, 0.05) is 42.9 Å². The Morgan fingerprint density at radius 1 is 1.39 bits per heavy atom. The van der Waals surface area contributed by atoms with Crippen molar-refractivity contribution in [1.82, 2.24) is 15.1 Å². The summed E-state index contributed by atoms with van der Waals surface area (Å²) in [6.45, 7) is 1.42. The minimum atomic E-state index is -0.535. The summed E-state index contributed by atoms with van der Waals surface area (Å²) in [6, 6.07) is 6.37. The van der Waals surface area contributed by atoms with Crippen molar-refractivity contribution in [1.29, 1.82) is 0 Å². The highest BCUT2D eigenvalue weighted by Crippen LogP contribution is 2.32. The van der Waals surface area contributed by atoms with E-state index < -0.39 is 6.10 Å². The van der Waals surface area contributed by atoms with Gasteiger partial charge in [-0.05, 0) is 37.1 Å². The predicted octanol–water partition coefficient (Wildman–Crippen LogP) is 2.26. The van der Waals surface area contributed by atoms with Gasteiger partial charge in [-0.15, -0.1) is 0 Å². The predicted molar refractivity (Wildman–Crippen MR) is 81.7 cm³/mol. The zero-order chi connectivity index (χ0) is 15.8. The van der Waals surface area contributed by atoms with Crippen LogP contribution in [-0.2, 0) is 11.2 Å². The van der Waals surface area contributed by atoms with Crippen LogP contribution in [0.4, 0.5) is 4.39 Å². The van der Waals surface area contributed by atoms with Crippen molar-refractivity contribution in [2.45, 2.75) is 31.3 Å². The van der Waals surface area contributed by atoms with Crippen LogP contribution >= 0.6 is 0 Å². The molecule has 5 nitrogen and oxygen atoms in total. The summed E-state index contributed by atoms with van der Waals surface area (Å²) in [4.78, 5) is 14.6. The maximum absolute atomic E-state index is 13.3. The summed E-state index contributed by atoms with van der Waals surface area (Å²) in [5.41, 5.74) is 1.84. The molecular formula is C17H18FN3O2. The maximum Gasteiger partial charge on any atom is 0.264 e. The molecule has 2 aromatic rings. The van der Waals surface area contributed by atoms with E-state index in [0.717, 1.165) is 30.6 Å². The molecule has 120 valence electrons. The zero-order valence-electron chi connectivity index (χ0n) is 12.7. The molecule has 6 heteroatoms. The van der Waals surface area contributed by atoms with Crippen molar-refractivity contribution in [2.24, 2.45) is 0 Å². The van der Waals surface area contributed by atoms with Gasteiger partial charge >= 0.3 is 0 Å². The lowest BCUT2D eigenvalue weighted by Crippen LogP contribution is -2.46. The van der Waals surface area contributed by atoms with E-state index in [2.05, 4.69) is 10.2 Å². The molecule has 4 rings (SSSR count). The van der Waals surface area contributed by atoms with Gasteiger partial charge in [-0.25, -0.2) is 4.39 Å². The summed E-state index contributed by atoms with van der Waals surface area (Å²) in [6.07, 6.45) is 3.65. The number of halogens is 1. The van der Waals surface area contributed by atoms with E-state index >= 15 is 0 Å². The summed E-state index contributed by atoms with van der Waals surface area (Å²) < 4.78 is 19.0. The van der Waals surface area contributed by atoms with Gasteiger partial charge in [0.1, 0.15) is 11.6 Å². The first-order valence-electron chi connectivity index (χ1n) is 7.94. The Balaban J connectivity index is 1.45. The first kappa shape index (κ1) is 14.2. The van der Waals surface area contributed by atoms with E-state index in [0.29, 0.717) is 18.7 Å². The molecule has 1 N–H and O–H groups in total. The second-order valence-electron chi connectivity index (χ2n) is 6.20. The Morgan fingerprint density at radius 2 is 2.30 bits per heavy atom. The summed E-state index contributed by atoms with van der Waals surface area (Å²) in [5.74, 6) is 0.604. The van der Waals surface area contributed by atoms with Gasteiger partial charge in [0.25, 0.3) is 5.91 Å². The van der Waals surface area contributed by atoms with Crippen LogP contribution in [0.5, 0.6) is 5.75 Å². The van der Waals surface area contributed by atoms with Crippen LogP contribution in [0.25, 0.3) is 0 Å². The third-order valence-electron chi connectivity index (χ3n) is 4.67. The van der Waals surface area contributed by atoms with Gasteiger partial charge in [0.2, 0.25) is 0 Å². The number of aromatic nitrogens is 2. The fourth-order valence-corrected chi connectivity index (χ4v) is 3.48. The number of piperidine rings is 1. The average molecular weight is 315 g/mol. The first-order chi connectivity index (χ1) is 11.2. The van der Waals surface area contributed by atoms with Gasteiger partial charge in [-0.2, -0.15) is 5.10 Å². The van der Waals surface area contributed by atoms with Gasteiger partial charge < -0.3 is 9.64 Å². The summed E-state index contributed by atoms with van der Waals surface area (Å²) in [5, 5.41) is 6.99. The maximum atomic E-state index is 13.3. The van der Waals surface area contributed by atoms with Crippen molar-refractivity contribution < 1.29 is 13.9 Å². The molecule has 23 heavy (non-hydrogen) atoms. The smallest absolute Gasteiger partial charge is 0.264 e. The molecule has 1 fully saturated rings. The van der Waals surface area contributed by atoms with Crippen molar-refractivity contribution in [2.75, 3.05) is 13.1 Å². The van der Waals surface area contributed by atoms with Crippen LogP contribution in [0, 0.1) is 5.82 Å². The topological polar surface area (TPSA) is 58.2 Å². The van der Waals surface area contributed by atoms with Crippen LogP contribution in [0.1, 0.15) is 30.0 Å². The van der Waals surface area contributed by atoms with Gasteiger partial charge in [-0.1, -0.05) is 0 Å². The Labute approximate surface area is 133 Å². The Morgan fingerprint density at radius 3 is 3.13 bits per heavy atom. The number of fused-ring (bicyclic) bond motifs is 1. The normalized spacial score (nSPS) is 23.4. The highest BCUT2D eigenvalue weighted by molar-refractivity contribution is 5.82. The Kier molecular flexibility index (Phi) is 3.52. The lowest BCUT2D eigenvalue weighted by Gasteiger charge is -2.33. The Hall–Kier alpha value is -2.37.